The highest BCUT2D eigenvalue weighted by molar-refractivity contribution is 6.30. The number of anilines is 2. The zero-order chi connectivity index (χ0) is 19.1. The van der Waals surface area contributed by atoms with E-state index in [1.807, 2.05) is 48.5 Å². The normalized spacial score (nSPS) is 10.3. The third-order valence-electron chi connectivity index (χ3n) is 3.84. The molecule has 1 aromatic heterocycles. The zero-order valence-electron chi connectivity index (χ0n) is 14.8. The molecule has 2 N–H and O–H groups in total. The van der Waals surface area contributed by atoms with E-state index in [0.717, 1.165) is 17.0 Å². The van der Waals surface area contributed by atoms with Gasteiger partial charge in [0, 0.05) is 17.3 Å². The van der Waals surface area contributed by atoms with Crippen molar-refractivity contribution >= 4 is 29.0 Å². The molecule has 0 aliphatic rings. The number of hydrogen-bond donors (Lipinski definition) is 2. The molecule has 3 rings (SSSR count). The van der Waals surface area contributed by atoms with Crippen molar-refractivity contribution in [1.29, 1.82) is 0 Å². The summed E-state index contributed by atoms with van der Waals surface area (Å²) in [5.74, 6) is 1.06. The first-order valence-corrected chi connectivity index (χ1v) is 8.77. The van der Waals surface area contributed by atoms with Crippen molar-refractivity contribution in [2.45, 2.75) is 6.42 Å². The van der Waals surface area contributed by atoms with Crippen molar-refractivity contribution < 1.29 is 9.53 Å². The minimum Gasteiger partial charge on any atom is -0.497 e. The van der Waals surface area contributed by atoms with Crippen molar-refractivity contribution in [3.63, 3.8) is 0 Å². The number of carbonyl (C=O) groups excluding carboxylic acids is 1. The van der Waals surface area contributed by atoms with Crippen LogP contribution < -0.4 is 15.4 Å². The van der Waals surface area contributed by atoms with Gasteiger partial charge in [-0.2, -0.15) is 0 Å². The van der Waals surface area contributed by atoms with Gasteiger partial charge < -0.3 is 15.4 Å². The molecule has 3 aromatic rings. The second kappa shape index (κ2) is 9.00. The zero-order valence-corrected chi connectivity index (χ0v) is 15.5. The number of nitrogens with zero attached hydrogens (tertiary/aromatic N) is 2. The summed E-state index contributed by atoms with van der Waals surface area (Å²) in [6.07, 6.45) is 3.66. The number of methoxy groups -OCH3 is 1. The van der Waals surface area contributed by atoms with E-state index in [9.17, 15) is 4.79 Å². The first-order chi connectivity index (χ1) is 13.1. The van der Waals surface area contributed by atoms with Crippen molar-refractivity contribution in [3.05, 3.63) is 77.2 Å². The molecule has 1 heterocycles. The number of ether oxygens (including phenoxy) is 1. The second-order valence-electron chi connectivity index (χ2n) is 5.78. The Morgan fingerprint density at radius 3 is 2.59 bits per heavy atom. The predicted octanol–water partition coefficient (Wildman–Crippen LogP) is 3.85. The topological polar surface area (TPSA) is 76.1 Å². The molecule has 0 saturated carbocycles. The van der Waals surface area contributed by atoms with E-state index >= 15 is 0 Å². The van der Waals surface area contributed by atoms with E-state index in [2.05, 4.69) is 20.6 Å². The van der Waals surface area contributed by atoms with Crippen LogP contribution in [0.1, 0.15) is 16.1 Å². The molecule has 2 aromatic carbocycles. The van der Waals surface area contributed by atoms with Gasteiger partial charge in [-0.15, -0.1) is 0 Å². The molecule has 0 bridgehead atoms. The van der Waals surface area contributed by atoms with Crippen molar-refractivity contribution in [1.82, 2.24) is 15.3 Å². The maximum Gasteiger partial charge on any atom is 0.271 e. The SMILES string of the molecule is COc1ccc(Nc2cnc(C(=O)NCCc3cccc(Cl)c3)cn2)cc1. The van der Waals surface area contributed by atoms with Crippen LogP contribution in [0.4, 0.5) is 11.5 Å². The first-order valence-electron chi connectivity index (χ1n) is 8.40. The summed E-state index contributed by atoms with van der Waals surface area (Å²) in [5.41, 5.74) is 2.18. The summed E-state index contributed by atoms with van der Waals surface area (Å²) in [5, 5.41) is 6.63. The smallest absolute Gasteiger partial charge is 0.271 e. The molecule has 0 aliphatic heterocycles. The van der Waals surface area contributed by atoms with E-state index in [1.165, 1.54) is 12.4 Å². The monoisotopic (exact) mass is 382 g/mol. The Morgan fingerprint density at radius 1 is 1.11 bits per heavy atom. The van der Waals surface area contributed by atoms with Crippen LogP contribution in [0.2, 0.25) is 5.02 Å². The van der Waals surface area contributed by atoms with E-state index in [0.29, 0.717) is 23.8 Å². The van der Waals surface area contributed by atoms with Gasteiger partial charge in [0.1, 0.15) is 17.3 Å². The number of nitrogens with one attached hydrogen (secondary N) is 2. The molecule has 0 spiro atoms. The Bertz CT molecular complexity index is 899. The Kier molecular flexibility index (Phi) is 6.22. The Morgan fingerprint density at radius 2 is 1.93 bits per heavy atom. The third kappa shape index (κ3) is 5.43. The molecule has 7 heteroatoms. The molecule has 0 radical (unpaired) electrons. The van der Waals surface area contributed by atoms with Crippen LogP contribution >= 0.6 is 11.6 Å². The lowest BCUT2D eigenvalue weighted by Gasteiger charge is -2.08. The van der Waals surface area contributed by atoms with Gasteiger partial charge in [-0.1, -0.05) is 23.7 Å². The molecule has 0 atom stereocenters. The minimum atomic E-state index is -0.263. The summed E-state index contributed by atoms with van der Waals surface area (Å²) < 4.78 is 5.12. The molecule has 1 amide bonds. The number of benzene rings is 2. The molecule has 27 heavy (non-hydrogen) atoms. The Labute approximate surface area is 162 Å². The lowest BCUT2D eigenvalue weighted by molar-refractivity contribution is 0.0949. The molecule has 0 unspecified atom stereocenters. The van der Waals surface area contributed by atoms with E-state index in [-0.39, 0.29) is 11.6 Å². The molecular formula is C20H19ClN4O2. The summed E-state index contributed by atoms with van der Waals surface area (Å²) in [6.45, 7) is 0.493. The molecule has 0 saturated heterocycles. The van der Waals surface area contributed by atoms with Crippen LogP contribution in [-0.2, 0) is 6.42 Å². The summed E-state index contributed by atoms with van der Waals surface area (Å²) in [7, 11) is 1.62. The van der Waals surface area contributed by atoms with Crippen molar-refractivity contribution in [3.8, 4) is 5.75 Å². The highest BCUT2D eigenvalue weighted by atomic mass is 35.5. The highest BCUT2D eigenvalue weighted by Crippen LogP contribution is 2.18. The number of rotatable bonds is 7. The number of amides is 1. The van der Waals surface area contributed by atoms with Crippen LogP contribution in [0, 0.1) is 0 Å². The first kappa shape index (κ1) is 18.7. The average Bonchev–Trinajstić information content (AvgIpc) is 2.69. The van der Waals surface area contributed by atoms with Gasteiger partial charge in [0.15, 0.2) is 0 Å². The fourth-order valence-corrected chi connectivity index (χ4v) is 2.65. The van der Waals surface area contributed by atoms with Gasteiger partial charge in [-0.3, -0.25) is 4.79 Å². The minimum absolute atomic E-state index is 0.263. The van der Waals surface area contributed by atoms with Gasteiger partial charge in [0.2, 0.25) is 0 Å². The number of hydrogen-bond acceptors (Lipinski definition) is 5. The lowest BCUT2D eigenvalue weighted by atomic mass is 10.1. The quantitative estimate of drug-likeness (QED) is 0.649. The maximum atomic E-state index is 12.2. The summed E-state index contributed by atoms with van der Waals surface area (Å²) in [4.78, 5) is 20.6. The van der Waals surface area contributed by atoms with Crippen LogP contribution in [0.15, 0.2) is 60.9 Å². The van der Waals surface area contributed by atoms with Gasteiger partial charge in [0.05, 0.1) is 19.5 Å². The van der Waals surface area contributed by atoms with Crippen LogP contribution in [0.25, 0.3) is 0 Å². The molecule has 0 aliphatic carbocycles. The number of aromatic nitrogens is 2. The number of carbonyl (C=O) groups is 1. The van der Waals surface area contributed by atoms with Crippen molar-refractivity contribution in [2.75, 3.05) is 19.0 Å². The third-order valence-corrected chi connectivity index (χ3v) is 4.07. The van der Waals surface area contributed by atoms with Crippen molar-refractivity contribution in [2.24, 2.45) is 0 Å². The van der Waals surface area contributed by atoms with E-state index in [4.69, 9.17) is 16.3 Å². The summed E-state index contributed by atoms with van der Waals surface area (Å²) in [6, 6.07) is 15.0. The fraction of sp³-hybridized carbons (Fsp3) is 0.150. The second-order valence-corrected chi connectivity index (χ2v) is 6.21. The van der Waals surface area contributed by atoms with Crippen LogP contribution in [0.5, 0.6) is 5.75 Å². The standard InChI is InChI=1S/C20H19ClN4O2/c1-27-17-7-5-16(6-8-17)25-19-13-23-18(12-24-19)20(26)22-10-9-14-3-2-4-15(21)11-14/h2-8,11-13H,9-10H2,1H3,(H,22,26)(H,24,25). The van der Waals surface area contributed by atoms with Gasteiger partial charge in [-0.25, -0.2) is 9.97 Å². The fourth-order valence-electron chi connectivity index (χ4n) is 2.44. The largest absolute Gasteiger partial charge is 0.497 e. The lowest BCUT2D eigenvalue weighted by Crippen LogP contribution is -2.26. The maximum absolute atomic E-state index is 12.2. The Hall–Kier alpha value is -3.12. The van der Waals surface area contributed by atoms with Gasteiger partial charge in [-0.05, 0) is 48.4 Å². The molecule has 138 valence electrons. The van der Waals surface area contributed by atoms with E-state index < -0.39 is 0 Å². The Balaban J connectivity index is 1.52. The van der Waals surface area contributed by atoms with Crippen LogP contribution in [-0.4, -0.2) is 29.5 Å². The highest BCUT2D eigenvalue weighted by Gasteiger charge is 2.08. The average molecular weight is 383 g/mol. The predicted molar refractivity (Wildman–Crippen MR) is 106 cm³/mol. The molecular weight excluding hydrogens is 364 g/mol. The summed E-state index contributed by atoms with van der Waals surface area (Å²) >= 11 is 5.95. The number of halogens is 1. The van der Waals surface area contributed by atoms with E-state index in [1.54, 1.807) is 7.11 Å². The van der Waals surface area contributed by atoms with Gasteiger partial charge >= 0.3 is 0 Å². The van der Waals surface area contributed by atoms with Crippen LogP contribution in [0.3, 0.4) is 0 Å². The van der Waals surface area contributed by atoms with Gasteiger partial charge in [0.25, 0.3) is 5.91 Å². The molecule has 6 nitrogen and oxygen atoms in total. The molecule has 0 fully saturated rings.